The molecule has 7 heteroatoms. The molecule has 1 aliphatic heterocycles. The highest BCUT2D eigenvalue weighted by molar-refractivity contribution is 7.09. The molecular weight excluding hydrogens is 240 g/mol. The van der Waals surface area contributed by atoms with E-state index in [1.54, 1.807) is 11.1 Å². The maximum absolute atomic E-state index is 11.8. The Balaban J connectivity index is 1.80. The summed E-state index contributed by atoms with van der Waals surface area (Å²) in [7, 11) is 0. The molecule has 0 aliphatic carbocycles. The molecule has 1 aromatic rings. The Morgan fingerprint density at radius 1 is 1.59 bits per heavy atom. The van der Waals surface area contributed by atoms with Crippen LogP contribution in [0.3, 0.4) is 0 Å². The van der Waals surface area contributed by atoms with Gasteiger partial charge in [-0.05, 0) is 0 Å². The Labute approximate surface area is 103 Å². The predicted octanol–water partition coefficient (Wildman–Crippen LogP) is 0.175. The smallest absolute Gasteiger partial charge is 0.317 e. The van der Waals surface area contributed by atoms with Gasteiger partial charge in [-0.3, -0.25) is 4.79 Å². The first-order chi connectivity index (χ1) is 8.25. The van der Waals surface area contributed by atoms with Crippen molar-refractivity contribution in [1.82, 2.24) is 20.5 Å². The Kier molecular flexibility index (Phi) is 3.92. The number of urea groups is 1. The van der Waals surface area contributed by atoms with E-state index in [-0.39, 0.29) is 11.9 Å². The summed E-state index contributed by atoms with van der Waals surface area (Å²) in [5.74, 6) is 0.000207. The second kappa shape index (κ2) is 5.62. The number of nitrogens with zero attached hydrogens (tertiary/aromatic N) is 2. The van der Waals surface area contributed by atoms with Crippen molar-refractivity contribution in [2.45, 2.75) is 13.0 Å². The van der Waals surface area contributed by atoms with Gasteiger partial charge in [-0.1, -0.05) is 0 Å². The lowest BCUT2D eigenvalue weighted by atomic mass is 10.4. The van der Waals surface area contributed by atoms with Crippen molar-refractivity contribution < 1.29 is 9.59 Å². The molecule has 2 rings (SSSR count). The highest BCUT2D eigenvalue weighted by Gasteiger charge is 2.17. The average Bonchev–Trinajstić information content (AvgIpc) is 2.74. The molecule has 2 heterocycles. The van der Waals surface area contributed by atoms with Crippen LogP contribution in [0.1, 0.15) is 11.4 Å². The second-order valence-corrected chi connectivity index (χ2v) is 4.65. The summed E-state index contributed by atoms with van der Waals surface area (Å²) in [4.78, 5) is 28.7. The SMILES string of the molecule is O=C1CCN(C(=O)NCc2nccs2)CCN1. The lowest BCUT2D eigenvalue weighted by molar-refractivity contribution is -0.120. The van der Waals surface area contributed by atoms with Crippen molar-refractivity contribution in [3.05, 3.63) is 16.6 Å². The third-order valence-electron chi connectivity index (χ3n) is 2.47. The van der Waals surface area contributed by atoms with Crippen LogP contribution in [0.15, 0.2) is 11.6 Å². The normalized spacial score (nSPS) is 16.2. The van der Waals surface area contributed by atoms with E-state index in [0.717, 1.165) is 5.01 Å². The van der Waals surface area contributed by atoms with Crippen LogP contribution < -0.4 is 10.6 Å². The molecule has 1 aliphatic rings. The maximum atomic E-state index is 11.8. The van der Waals surface area contributed by atoms with Crippen molar-refractivity contribution in [3.63, 3.8) is 0 Å². The first-order valence-electron chi connectivity index (χ1n) is 5.43. The van der Waals surface area contributed by atoms with Crippen molar-refractivity contribution in [1.29, 1.82) is 0 Å². The summed E-state index contributed by atoms with van der Waals surface area (Å²) in [6.45, 7) is 1.98. The van der Waals surface area contributed by atoms with Crippen molar-refractivity contribution >= 4 is 23.3 Å². The third kappa shape index (κ3) is 3.42. The summed E-state index contributed by atoms with van der Waals surface area (Å²) in [6, 6.07) is -0.142. The zero-order chi connectivity index (χ0) is 12.1. The molecule has 0 aromatic carbocycles. The predicted molar refractivity (Wildman–Crippen MR) is 63.5 cm³/mol. The Bertz CT molecular complexity index is 393. The first kappa shape index (κ1) is 11.8. The number of aromatic nitrogens is 1. The van der Waals surface area contributed by atoms with Crippen LogP contribution in [0, 0.1) is 0 Å². The van der Waals surface area contributed by atoms with E-state index >= 15 is 0 Å². The van der Waals surface area contributed by atoms with Gasteiger partial charge < -0.3 is 15.5 Å². The number of amides is 3. The van der Waals surface area contributed by atoms with Gasteiger partial charge in [0.15, 0.2) is 0 Å². The molecule has 1 saturated heterocycles. The van der Waals surface area contributed by atoms with E-state index < -0.39 is 0 Å². The minimum atomic E-state index is -0.142. The van der Waals surface area contributed by atoms with E-state index in [2.05, 4.69) is 15.6 Å². The van der Waals surface area contributed by atoms with Crippen LogP contribution in [0.2, 0.25) is 0 Å². The highest BCUT2D eigenvalue weighted by atomic mass is 32.1. The molecule has 0 atom stereocenters. The van der Waals surface area contributed by atoms with Crippen molar-refractivity contribution in [2.75, 3.05) is 19.6 Å². The van der Waals surface area contributed by atoms with Gasteiger partial charge in [-0.2, -0.15) is 0 Å². The topological polar surface area (TPSA) is 74.3 Å². The molecule has 0 saturated carbocycles. The Morgan fingerprint density at radius 2 is 2.47 bits per heavy atom. The van der Waals surface area contributed by atoms with Gasteiger partial charge in [0.25, 0.3) is 0 Å². The standard InChI is InChI=1S/C10H14N4O2S/c15-8-1-4-14(5-2-11-8)10(16)13-7-9-12-3-6-17-9/h3,6H,1-2,4-5,7H2,(H,11,15)(H,13,16). The van der Waals surface area contributed by atoms with Gasteiger partial charge in [0.1, 0.15) is 5.01 Å². The molecule has 0 bridgehead atoms. The van der Waals surface area contributed by atoms with Crippen molar-refractivity contribution in [2.24, 2.45) is 0 Å². The fourth-order valence-electron chi connectivity index (χ4n) is 1.57. The molecule has 1 fully saturated rings. The number of thiazole rings is 1. The Morgan fingerprint density at radius 3 is 3.24 bits per heavy atom. The van der Waals surface area contributed by atoms with E-state index in [1.807, 2.05) is 5.38 Å². The van der Waals surface area contributed by atoms with Crippen LogP contribution >= 0.6 is 11.3 Å². The summed E-state index contributed by atoms with van der Waals surface area (Å²) < 4.78 is 0. The minimum Gasteiger partial charge on any atom is -0.354 e. The molecule has 92 valence electrons. The zero-order valence-corrected chi connectivity index (χ0v) is 10.1. The van der Waals surface area contributed by atoms with E-state index in [9.17, 15) is 9.59 Å². The molecule has 1 aromatic heterocycles. The van der Waals surface area contributed by atoms with E-state index in [0.29, 0.717) is 32.6 Å². The van der Waals surface area contributed by atoms with E-state index in [1.165, 1.54) is 11.3 Å². The maximum Gasteiger partial charge on any atom is 0.317 e. The summed E-state index contributed by atoms with van der Waals surface area (Å²) in [5, 5.41) is 8.27. The molecule has 2 N–H and O–H groups in total. The molecule has 0 unspecified atom stereocenters. The van der Waals surface area contributed by atoms with Gasteiger partial charge in [0.2, 0.25) is 5.91 Å². The zero-order valence-electron chi connectivity index (χ0n) is 9.31. The number of rotatable bonds is 2. The van der Waals surface area contributed by atoms with Gasteiger partial charge in [0, 0.05) is 37.6 Å². The summed E-state index contributed by atoms with van der Waals surface area (Å²) in [6.07, 6.45) is 2.07. The summed E-state index contributed by atoms with van der Waals surface area (Å²) in [5.41, 5.74) is 0. The van der Waals surface area contributed by atoms with Crippen LogP contribution in [-0.2, 0) is 11.3 Å². The molecule has 6 nitrogen and oxygen atoms in total. The van der Waals surface area contributed by atoms with Crippen molar-refractivity contribution in [3.8, 4) is 0 Å². The van der Waals surface area contributed by atoms with Crippen LogP contribution in [0.4, 0.5) is 4.79 Å². The lowest BCUT2D eigenvalue weighted by Crippen LogP contribution is -2.41. The quantitative estimate of drug-likeness (QED) is 0.790. The van der Waals surface area contributed by atoms with E-state index in [4.69, 9.17) is 0 Å². The Hall–Kier alpha value is -1.63. The number of hydrogen-bond acceptors (Lipinski definition) is 4. The average molecular weight is 254 g/mol. The van der Waals surface area contributed by atoms with Gasteiger partial charge in [-0.25, -0.2) is 9.78 Å². The molecular formula is C10H14N4O2S. The van der Waals surface area contributed by atoms with Crippen LogP contribution in [0.25, 0.3) is 0 Å². The molecule has 0 spiro atoms. The number of hydrogen-bond donors (Lipinski definition) is 2. The lowest BCUT2D eigenvalue weighted by Gasteiger charge is -2.19. The third-order valence-corrected chi connectivity index (χ3v) is 3.25. The van der Waals surface area contributed by atoms with Gasteiger partial charge in [-0.15, -0.1) is 11.3 Å². The molecule has 17 heavy (non-hydrogen) atoms. The molecule has 0 radical (unpaired) electrons. The fourth-order valence-corrected chi connectivity index (χ4v) is 2.13. The number of nitrogens with one attached hydrogen (secondary N) is 2. The largest absolute Gasteiger partial charge is 0.354 e. The van der Waals surface area contributed by atoms with Crippen LogP contribution in [-0.4, -0.2) is 41.5 Å². The summed E-state index contributed by atoms with van der Waals surface area (Å²) >= 11 is 1.51. The monoisotopic (exact) mass is 254 g/mol. The fraction of sp³-hybridized carbons (Fsp3) is 0.500. The van der Waals surface area contributed by atoms with Gasteiger partial charge >= 0.3 is 6.03 Å². The minimum absolute atomic E-state index is 0.000207. The number of carbonyl (C=O) groups is 2. The first-order valence-corrected chi connectivity index (χ1v) is 6.31. The van der Waals surface area contributed by atoms with Crippen LogP contribution in [0.5, 0.6) is 0 Å². The highest BCUT2D eigenvalue weighted by Crippen LogP contribution is 2.03. The number of carbonyl (C=O) groups excluding carboxylic acids is 2. The van der Waals surface area contributed by atoms with Gasteiger partial charge in [0.05, 0.1) is 6.54 Å². The second-order valence-electron chi connectivity index (χ2n) is 3.67. The molecule has 3 amide bonds.